The fourth-order valence-electron chi connectivity index (χ4n) is 1.82. The van der Waals surface area contributed by atoms with E-state index in [9.17, 15) is 9.59 Å². The van der Waals surface area contributed by atoms with Crippen LogP contribution in [0.25, 0.3) is 0 Å². The van der Waals surface area contributed by atoms with Gasteiger partial charge in [-0.2, -0.15) is 0 Å². The summed E-state index contributed by atoms with van der Waals surface area (Å²) in [5.74, 6) is -1.70. The van der Waals surface area contributed by atoms with Crippen LogP contribution in [0.4, 0.5) is 0 Å². The number of carbonyl (C=O) groups excluding carboxylic acids is 2. The van der Waals surface area contributed by atoms with Crippen molar-refractivity contribution in [3.8, 4) is 0 Å². The minimum absolute atomic E-state index is 0.124. The van der Waals surface area contributed by atoms with Crippen LogP contribution < -0.4 is 0 Å². The van der Waals surface area contributed by atoms with E-state index in [0.717, 1.165) is 4.88 Å². The molecule has 106 valence electrons. The first-order chi connectivity index (χ1) is 9.10. The number of ether oxygens (including phenoxy) is 2. The number of hydrogen-bond acceptors (Lipinski definition) is 5. The monoisotopic (exact) mass is 284 g/mol. The van der Waals surface area contributed by atoms with Crippen molar-refractivity contribution in [1.29, 1.82) is 0 Å². The maximum Gasteiger partial charge on any atom is 0.320 e. The maximum absolute atomic E-state index is 11.8. The molecule has 0 saturated carbocycles. The van der Waals surface area contributed by atoms with Gasteiger partial charge in [0.1, 0.15) is 0 Å². The van der Waals surface area contributed by atoms with E-state index in [1.165, 1.54) is 0 Å². The molecule has 5 heteroatoms. The SMILES string of the molecule is CCOC(=O)C(CC(C)c1cccs1)C(=O)OCC. The minimum atomic E-state index is -0.836. The van der Waals surface area contributed by atoms with Gasteiger partial charge < -0.3 is 9.47 Å². The van der Waals surface area contributed by atoms with Crippen molar-refractivity contribution in [2.75, 3.05) is 13.2 Å². The second-order valence-corrected chi connectivity index (χ2v) is 5.19. The van der Waals surface area contributed by atoms with Crippen molar-refractivity contribution < 1.29 is 19.1 Å². The van der Waals surface area contributed by atoms with E-state index in [1.807, 2.05) is 24.4 Å². The van der Waals surface area contributed by atoms with Crippen LogP contribution in [0.1, 0.15) is 38.0 Å². The molecule has 1 unspecified atom stereocenters. The highest BCUT2D eigenvalue weighted by molar-refractivity contribution is 7.10. The third-order valence-corrected chi connectivity index (χ3v) is 3.86. The Labute approximate surface area is 117 Å². The second-order valence-electron chi connectivity index (χ2n) is 4.21. The number of hydrogen-bond donors (Lipinski definition) is 0. The van der Waals surface area contributed by atoms with Crippen molar-refractivity contribution in [3.05, 3.63) is 22.4 Å². The van der Waals surface area contributed by atoms with E-state index in [-0.39, 0.29) is 19.1 Å². The summed E-state index contributed by atoms with van der Waals surface area (Å²) in [6, 6.07) is 3.96. The average molecular weight is 284 g/mol. The molecule has 0 aliphatic carbocycles. The van der Waals surface area contributed by atoms with Crippen LogP contribution in [0.2, 0.25) is 0 Å². The third-order valence-electron chi connectivity index (χ3n) is 2.76. The second kappa shape index (κ2) is 7.94. The summed E-state index contributed by atoms with van der Waals surface area (Å²) in [5, 5.41) is 1.98. The Morgan fingerprint density at radius 2 is 1.79 bits per heavy atom. The molecule has 1 aromatic heterocycles. The highest BCUT2D eigenvalue weighted by atomic mass is 32.1. The quantitative estimate of drug-likeness (QED) is 0.570. The molecule has 1 rings (SSSR count). The van der Waals surface area contributed by atoms with Crippen LogP contribution in [0.3, 0.4) is 0 Å². The van der Waals surface area contributed by atoms with Crippen LogP contribution in [0.5, 0.6) is 0 Å². The summed E-state index contributed by atoms with van der Waals surface area (Å²) in [6.45, 7) is 5.98. The molecule has 4 nitrogen and oxygen atoms in total. The third kappa shape index (κ3) is 4.67. The summed E-state index contributed by atoms with van der Waals surface area (Å²) in [5.41, 5.74) is 0. The molecular weight excluding hydrogens is 264 g/mol. The highest BCUT2D eigenvalue weighted by Crippen LogP contribution is 2.28. The zero-order valence-electron chi connectivity index (χ0n) is 11.5. The smallest absolute Gasteiger partial charge is 0.320 e. The number of rotatable bonds is 7. The highest BCUT2D eigenvalue weighted by Gasteiger charge is 2.31. The number of thiophene rings is 1. The normalized spacial score (nSPS) is 12.2. The Balaban J connectivity index is 2.73. The lowest BCUT2D eigenvalue weighted by molar-refractivity contribution is -0.162. The van der Waals surface area contributed by atoms with Crippen molar-refractivity contribution in [3.63, 3.8) is 0 Å². The zero-order valence-corrected chi connectivity index (χ0v) is 12.4. The molecule has 1 atom stereocenters. The fraction of sp³-hybridized carbons (Fsp3) is 0.571. The van der Waals surface area contributed by atoms with Crippen LogP contribution in [-0.4, -0.2) is 25.2 Å². The Hall–Kier alpha value is -1.36. The first-order valence-corrected chi connectivity index (χ1v) is 7.34. The molecule has 1 heterocycles. The molecule has 1 aromatic rings. The lowest BCUT2D eigenvalue weighted by Crippen LogP contribution is -2.29. The van der Waals surface area contributed by atoms with Gasteiger partial charge in [0.15, 0.2) is 5.92 Å². The number of esters is 2. The van der Waals surface area contributed by atoms with Gasteiger partial charge in [-0.1, -0.05) is 13.0 Å². The minimum Gasteiger partial charge on any atom is -0.465 e. The van der Waals surface area contributed by atoms with Gasteiger partial charge in [0, 0.05) is 4.88 Å². The van der Waals surface area contributed by atoms with Crippen molar-refractivity contribution in [1.82, 2.24) is 0 Å². The summed E-state index contributed by atoms with van der Waals surface area (Å²) in [7, 11) is 0. The molecule has 0 amide bonds. The van der Waals surface area contributed by atoms with Gasteiger partial charge in [0.25, 0.3) is 0 Å². The zero-order chi connectivity index (χ0) is 14.3. The van der Waals surface area contributed by atoms with Crippen LogP contribution in [-0.2, 0) is 19.1 Å². The van der Waals surface area contributed by atoms with E-state index in [1.54, 1.807) is 25.2 Å². The fourth-order valence-corrected chi connectivity index (χ4v) is 2.62. The first kappa shape index (κ1) is 15.7. The van der Waals surface area contributed by atoms with E-state index in [4.69, 9.17) is 9.47 Å². The van der Waals surface area contributed by atoms with Crippen molar-refractivity contribution in [2.24, 2.45) is 5.92 Å². The molecule has 0 aliphatic heterocycles. The lowest BCUT2D eigenvalue weighted by atomic mass is 9.94. The summed E-state index contributed by atoms with van der Waals surface area (Å²) in [6.07, 6.45) is 0.415. The van der Waals surface area contributed by atoms with Crippen molar-refractivity contribution >= 4 is 23.3 Å². The maximum atomic E-state index is 11.8. The van der Waals surface area contributed by atoms with Gasteiger partial charge >= 0.3 is 11.9 Å². The van der Waals surface area contributed by atoms with Gasteiger partial charge in [-0.05, 0) is 37.6 Å². The van der Waals surface area contributed by atoms with Crippen molar-refractivity contribution in [2.45, 2.75) is 33.1 Å². The lowest BCUT2D eigenvalue weighted by Gasteiger charge is -2.17. The molecule has 0 radical (unpaired) electrons. The summed E-state index contributed by atoms with van der Waals surface area (Å²) < 4.78 is 9.91. The topological polar surface area (TPSA) is 52.6 Å². The van der Waals surface area contributed by atoms with Gasteiger partial charge in [-0.3, -0.25) is 9.59 Å². The van der Waals surface area contributed by atoms with Crippen LogP contribution in [0.15, 0.2) is 17.5 Å². The van der Waals surface area contributed by atoms with E-state index < -0.39 is 17.9 Å². The predicted molar refractivity (Wildman–Crippen MR) is 74.1 cm³/mol. The van der Waals surface area contributed by atoms with Gasteiger partial charge in [-0.15, -0.1) is 11.3 Å². The predicted octanol–water partition coefficient (Wildman–Crippen LogP) is 2.98. The van der Waals surface area contributed by atoms with Crippen LogP contribution >= 0.6 is 11.3 Å². The molecule has 0 N–H and O–H groups in total. The Morgan fingerprint density at radius 1 is 1.21 bits per heavy atom. The molecule has 0 bridgehead atoms. The van der Waals surface area contributed by atoms with Gasteiger partial charge in [0.05, 0.1) is 13.2 Å². The Kier molecular flexibility index (Phi) is 6.56. The average Bonchev–Trinajstić information content (AvgIpc) is 2.90. The molecule has 0 fully saturated rings. The summed E-state index contributed by atoms with van der Waals surface area (Å²) >= 11 is 1.62. The van der Waals surface area contributed by atoms with Gasteiger partial charge in [-0.25, -0.2) is 0 Å². The summed E-state index contributed by atoms with van der Waals surface area (Å²) in [4.78, 5) is 24.8. The largest absolute Gasteiger partial charge is 0.465 e. The Bertz CT molecular complexity index is 382. The molecule has 0 aliphatic rings. The van der Waals surface area contributed by atoms with E-state index in [0.29, 0.717) is 6.42 Å². The van der Waals surface area contributed by atoms with E-state index >= 15 is 0 Å². The molecule has 19 heavy (non-hydrogen) atoms. The number of carbonyl (C=O) groups is 2. The molecule has 0 saturated heterocycles. The molecule has 0 aromatic carbocycles. The molecule has 0 spiro atoms. The Morgan fingerprint density at radius 3 is 2.21 bits per heavy atom. The van der Waals surface area contributed by atoms with E-state index in [2.05, 4.69) is 0 Å². The van der Waals surface area contributed by atoms with Gasteiger partial charge in [0.2, 0.25) is 0 Å². The standard InChI is InChI=1S/C14H20O4S/c1-4-17-13(15)11(14(16)18-5-2)9-10(3)12-7-6-8-19-12/h6-8,10-11H,4-5,9H2,1-3H3. The molecular formula is C14H20O4S. The first-order valence-electron chi connectivity index (χ1n) is 6.46. The van der Waals surface area contributed by atoms with Crippen LogP contribution in [0, 0.1) is 5.92 Å².